The van der Waals surface area contributed by atoms with Gasteiger partial charge in [0.1, 0.15) is 4.90 Å². The van der Waals surface area contributed by atoms with Crippen LogP contribution >= 0.6 is 0 Å². The van der Waals surface area contributed by atoms with E-state index in [0.717, 1.165) is 36.0 Å². The number of hydrogen-bond donors (Lipinski definition) is 3. The number of alkyl halides is 2. The number of rotatable bonds is 4. The number of halogens is 2. The lowest BCUT2D eigenvalue weighted by Gasteiger charge is -2.21. The SMILES string of the molecule is N=S(=O)(NC(=O)Nc1c2c(cc3c1C(C(F)F)CC3)CCC2)c1cnn2c1OCCC2. The molecule has 0 spiro atoms. The summed E-state index contributed by atoms with van der Waals surface area (Å²) in [5.74, 6) is -0.724. The van der Waals surface area contributed by atoms with Crippen molar-refractivity contribution in [2.45, 2.75) is 62.3 Å². The van der Waals surface area contributed by atoms with E-state index in [1.165, 1.54) is 10.9 Å². The number of aryl methyl sites for hydroxylation is 3. The molecule has 2 unspecified atom stereocenters. The van der Waals surface area contributed by atoms with E-state index < -0.39 is 28.3 Å². The zero-order valence-electron chi connectivity index (χ0n) is 16.7. The minimum atomic E-state index is -3.75. The number of fused-ring (bicyclic) bond motifs is 3. The summed E-state index contributed by atoms with van der Waals surface area (Å²) in [6.45, 7) is 0.992. The molecule has 166 valence electrons. The number of carbonyl (C=O) groups excluding carboxylic acids is 1. The fraction of sp³-hybridized carbons (Fsp3) is 0.500. The lowest BCUT2D eigenvalue weighted by molar-refractivity contribution is 0.114. The molecular formula is C20H23F2N5O3S. The number of amides is 2. The van der Waals surface area contributed by atoms with Gasteiger partial charge in [-0.1, -0.05) is 6.07 Å². The third kappa shape index (κ3) is 3.44. The number of urea groups is 1. The quantitative estimate of drug-likeness (QED) is 0.660. The van der Waals surface area contributed by atoms with E-state index in [1.807, 2.05) is 6.07 Å². The minimum Gasteiger partial charge on any atom is -0.477 e. The zero-order valence-corrected chi connectivity index (χ0v) is 17.6. The fourth-order valence-electron chi connectivity index (χ4n) is 4.87. The van der Waals surface area contributed by atoms with E-state index in [2.05, 4.69) is 15.1 Å². The molecule has 31 heavy (non-hydrogen) atoms. The van der Waals surface area contributed by atoms with Crippen LogP contribution in [0, 0.1) is 4.78 Å². The largest absolute Gasteiger partial charge is 0.477 e. The van der Waals surface area contributed by atoms with Crippen molar-refractivity contribution in [1.29, 1.82) is 4.78 Å². The first-order valence-corrected chi connectivity index (χ1v) is 11.9. The monoisotopic (exact) mass is 451 g/mol. The highest BCUT2D eigenvalue weighted by molar-refractivity contribution is 7.91. The third-order valence-electron chi connectivity index (χ3n) is 6.22. The van der Waals surface area contributed by atoms with Crippen molar-refractivity contribution in [2.24, 2.45) is 0 Å². The van der Waals surface area contributed by atoms with Gasteiger partial charge in [-0.3, -0.25) is 0 Å². The van der Waals surface area contributed by atoms with Crippen molar-refractivity contribution in [1.82, 2.24) is 14.5 Å². The number of nitrogens with zero attached hydrogens (tertiary/aromatic N) is 2. The average molecular weight is 451 g/mol. The summed E-state index contributed by atoms with van der Waals surface area (Å²) >= 11 is 0. The van der Waals surface area contributed by atoms with Crippen LogP contribution in [0.4, 0.5) is 19.3 Å². The van der Waals surface area contributed by atoms with Gasteiger partial charge in [0.15, 0.2) is 9.92 Å². The van der Waals surface area contributed by atoms with Crippen LogP contribution in [0.25, 0.3) is 0 Å². The maximum Gasteiger partial charge on any atom is 0.331 e. The molecule has 8 nitrogen and oxygen atoms in total. The molecule has 2 aromatic rings. The van der Waals surface area contributed by atoms with Gasteiger partial charge in [-0.05, 0) is 54.4 Å². The second kappa shape index (κ2) is 7.47. The summed E-state index contributed by atoms with van der Waals surface area (Å²) < 4.78 is 57.8. The molecule has 0 fully saturated rings. The number of hydrogen-bond acceptors (Lipinski definition) is 5. The Hall–Kier alpha value is -2.69. The van der Waals surface area contributed by atoms with Crippen LogP contribution in [0.2, 0.25) is 0 Å². The first kappa shape index (κ1) is 20.2. The number of carbonyl (C=O) groups is 1. The number of aromatic nitrogens is 2. The topological polar surface area (TPSA) is 109 Å². The molecule has 0 saturated carbocycles. The molecule has 0 radical (unpaired) electrons. The zero-order chi connectivity index (χ0) is 21.8. The molecule has 1 aromatic heterocycles. The predicted molar refractivity (Wildman–Crippen MR) is 109 cm³/mol. The van der Waals surface area contributed by atoms with Crippen molar-refractivity contribution in [2.75, 3.05) is 11.9 Å². The van der Waals surface area contributed by atoms with Gasteiger partial charge in [-0.15, -0.1) is 0 Å². The number of nitrogens with one attached hydrogen (secondary N) is 3. The van der Waals surface area contributed by atoms with Gasteiger partial charge in [-0.25, -0.2) is 32.0 Å². The minimum absolute atomic E-state index is 0.00340. The predicted octanol–water partition coefficient (Wildman–Crippen LogP) is 3.59. The molecule has 1 aromatic carbocycles. The number of anilines is 1. The Morgan fingerprint density at radius 2 is 2.13 bits per heavy atom. The highest BCUT2D eigenvalue weighted by Gasteiger charge is 2.36. The smallest absolute Gasteiger partial charge is 0.331 e. The molecule has 2 atom stereocenters. The summed E-state index contributed by atoms with van der Waals surface area (Å²) in [6.07, 6.45) is 2.79. The van der Waals surface area contributed by atoms with Crippen molar-refractivity contribution in [3.8, 4) is 5.88 Å². The maximum atomic E-state index is 13.7. The Kier molecular flexibility index (Phi) is 4.87. The van der Waals surface area contributed by atoms with Crippen LogP contribution in [-0.4, -0.2) is 33.1 Å². The Bertz CT molecular complexity index is 1160. The molecule has 3 aliphatic rings. The molecule has 5 rings (SSSR count). The van der Waals surface area contributed by atoms with E-state index >= 15 is 0 Å². The lowest BCUT2D eigenvalue weighted by atomic mass is 9.94. The van der Waals surface area contributed by atoms with E-state index in [4.69, 9.17) is 9.52 Å². The van der Waals surface area contributed by atoms with E-state index in [9.17, 15) is 17.8 Å². The maximum absolute atomic E-state index is 13.7. The Morgan fingerprint density at radius 1 is 1.29 bits per heavy atom. The van der Waals surface area contributed by atoms with Gasteiger partial charge in [0.25, 0.3) is 0 Å². The molecule has 11 heteroatoms. The van der Waals surface area contributed by atoms with Crippen molar-refractivity contribution < 1.29 is 22.5 Å². The molecule has 0 bridgehead atoms. The standard InChI is InChI=1S/C20H23F2N5O3S/c21-18(22)14-6-5-12-9-11-3-1-4-13(11)17(16(12)14)25-20(28)26-31(23,29)15-10-24-27-7-2-8-30-19(15)27/h9-10,14,18H,1-8H2,(H3,23,25,26,28,29). The van der Waals surface area contributed by atoms with Crippen LogP contribution in [0.1, 0.15) is 47.4 Å². The molecule has 2 aliphatic carbocycles. The first-order valence-electron chi connectivity index (χ1n) is 10.4. The van der Waals surface area contributed by atoms with Gasteiger partial charge in [0.2, 0.25) is 12.3 Å². The summed E-state index contributed by atoms with van der Waals surface area (Å²) in [5.41, 5.74) is 3.65. The van der Waals surface area contributed by atoms with Crippen LogP contribution < -0.4 is 14.8 Å². The summed E-state index contributed by atoms with van der Waals surface area (Å²) in [5, 5.41) is 6.75. The highest BCUT2D eigenvalue weighted by Crippen LogP contribution is 2.46. The Morgan fingerprint density at radius 3 is 2.94 bits per heavy atom. The van der Waals surface area contributed by atoms with Crippen LogP contribution in [0.5, 0.6) is 5.88 Å². The second-order valence-corrected chi connectivity index (χ2v) is 9.90. The summed E-state index contributed by atoms with van der Waals surface area (Å²) in [6, 6.07) is 1.13. The van der Waals surface area contributed by atoms with E-state index in [0.29, 0.717) is 43.7 Å². The van der Waals surface area contributed by atoms with Gasteiger partial charge < -0.3 is 10.1 Å². The second-order valence-electron chi connectivity index (χ2n) is 8.15. The third-order valence-corrected chi connectivity index (χ3v) is 7.60. The van der Waals surface area contributed by atoms with Gasteiger partial charge in [0, 0.05) is 24.6 Å². The Balaban J connectivity index is 1.44. The van der Waals surface area contributed by atoms with Gasteiger partial charge >= 0.3 is 6.03 Å². The van der Waals surface area contributed by atoms with Gasteiger partial charge in [0.05, 0.1) is 12.8 Å². The summed E-state index contributed by atoms with van der Waals surface area (Å²) in [4.78, 5) is 12.8. The normalized spacial score (nSPS) is 21.1. The Labute approximate surface area is 178 Å². The van der Waals surface area contributed by atoms with Crippen LogP contribution in [0.3, 0.4) is 0 Å². The van der Waals surface area contributed by atoms with Crippen molar-refractivity contribution >= 4 is 21.6 Å². The van der Waals surface area contributed by atoms with E-state index in [1.54, 1.807) is 0 Å². The summed E-state index contributed by atoms with van der Waals surface area (Å²) in [7, 11) is -3.75. The number of benzene rings is 1. The van der Waals surface area contributed by atoms with Crippen molar-refractivity contribution in [3.63, 3.8) is 0 Å². The average Bonchev–Trinajstić information content (AvgIpc) is 3.44. The van der Waals surface area contributed by atoms with Gasteiger partial charge in [-0.2, -0.15) is 5.10 Å². The van der Waals surface area contributed by atoms with Crippen molar-refractivity contribution in [3.05, 3.63) is 34.5 Å². The highest BCUT2D eigenvalue weighted by atomic mass is 32.2. The van der Waals surface area contributed by atoms with Crippen LogP contribution in [-0.2, 0) is 35.7 Å². The molecular weight excluding hydrogens is 428 g/mol. The first-order chi connectivity index (χ1) is 14.8. The molecule has 2 heterocycles. The lowest BCUT2D eigenvalue weighted by Crippen LogP contribution is -2.34. The fourth-order valence-corrected chi connectivity index (χ4v) is 5.90. The number of ether oxygens (including phenoxy) is 1. The molecule has 3 N–H and O–H groups in total. The van der Waals surface area contributed by atoms with E-state index in [-0.39, 0.29) is 10.8 Å². The van der Waals surface area contributed by atoms with Crippen LogP contribution in [0.15, 0.2) is 17.2 Å². The molecule has 1 aliphatic heterocycles. The molecule has 0 saturated heterocycles. The molecule has 2 amide bonds.